The molecule has 2 aliphatic rings. The molecule has 21 heavy (non-hydrogen) atoms. The van der Waals surface area contributed by atoms with Gasteiger partial charge >= 0.3 is 0 Å². The minimum atomic E-state index is 0.349. The number of benzene rings is 1. The molecule has 114 valence electrons. The third kappa shape index (κ3) is 3.74. The van der Waals surface area contributed by atoms with Gasteiger partial charge in [-0.1, -0.05) is 36.8 Å². The van der Waals surface area contributed by atoms with Gasteiger partial charge in [-0.2, -0.15) is 0 Å². The Bertz CT molecular complexity index is 456. The van der Waals surface area contributed by atoms with Crippen molar-refractivity contribution in [1.82, 2.24) is 4.90 Å². The van der Waals surface area contributed by atoms with Gasteiger partial charge in [-0.15, -0.1) is 0 Å². The summed E-state index contributed by atoms with van der Waals surface area (Å²) in [7, 11) is 0. The molecule has 2 nitrogen and oxygen atoms in total. The molecule has 0 radical (unpaired) electrons. The van der Waals surface area contributed by atoms with Crippen LogP contribution in [0.4, 0.5) is 0 Å². The van der Waals surface area contributed by atoms with E-state index in [1.165, 1.54) is 37.8 Å². The van der Waals surface area contributed by atoms with Crippen LogP contribution in [-0.2, 0) is 11.2 Å². The third-order valence-electron chi connectivity index (χ3n) is 5.23. The maximum atomic E-state index is 12.1. The first-order valence-corrected chi connectivity index (χ1v) is 8.65. The van der Waals surface area contributed by atoms with Crippen LogP contribution >= 0.6 is 0 Å². The molecule has 0 bridgehead atoms. The molecule has 1 heterocycles. The second kappa shape index (κ2) is 7.22. The van der Waals surface area contributed by atoms with E-state index in [0.29, 0.717) is 17.7 Å². The molecular weight excluding hydrogens is 258 g/mol. The van der Waals surface area contributed by atoms with Crippen LogP contribution in [0.1, 0.15) is 50.5 Å². The van der Waals surface area contributed by atoms with Crippen LogP contribution in [0.3, 0.4) is 0 Å². The lowest BCUT2D eigenvalue weighted by atomic mass is 9.88. The fourth-order valence-corrected chi connectivity index (χ4v) is 4.13. The second-order valence-electron chi connectivity index (χ2n) is 6.65. The molecule has 2 heteroatoms. The zero-order valence-corrected chi connectivity index (χ0v) is 13.0. The Morgan fingerprint density at radius 2 is 1.90 bits per heavy atom. The molecule has 0 spiro atoms. The highest BCUT2D eigenvalue weighted by molar-refractivity contribution is 5.83. The number of piperidine rings is 1. The average Bonchev–Trinajstić information content (AvgIpc) is 2.95. The fourth-order valence-electron chi connectivity index (χ4n) is 4.13. The summed E-state index contributed by atoms with van der Waals surface area (Å²) in [5, 5.41) is 0. The summed E-state index contributed by atoms with van der Waals surface area (Å²) in [5.41, 5.74) is 1.43. The summed E-state index contributed by atoms with van der Waals surface area (Å²) < 4.78 is 0. The van der Waals surface area contributed by atoms with Gasteiger partial charge in [-0.3, -0.25) is 9.69 Å². The Labute approximate surface area is 128 Å². The van der Waals surface area contributed by atoms with E-state index in [2.05, 4.69) is 35.2 Å². The first kappa shape index (κ1) is 14.8. The van der Waals surface area contributed by atoms with Crippen LogP contribution < -0.4 is 0 Å². The topological polar surface area (TPSA) is 20.3 Å². The summed E-state index contributed by atoms with van der Waals surface area (Å²) >= 11 is 0. The molecule has 1 aliphatic carbocycles. The van der Waals surface area contributed by atoms with Crippen molar-refractivity contribution in [1.29, 1.82) is 0 Å². The zero-order chi connectivity index (χ0) is 14.5. The smallest absolute Gasteiger partial charge is 0.137 e. The van der Waals surface area contributed by atoms with E-state index in [-0.39, 0.29) is 0 Å². The van der Waals surface area contributed by atoms with Crippen molar-refractivity contribution in [3.8, 4) is 0 Å². The SMILES string of the molecule is O=C1CCCC1C1CCCCN1CCCc1ccccc1. The van der Waals surface area contributed by atoms with Crippen LogP contribution in [0.2, 0.25) is 0 Å². The van der Waals surface area contributed by atoms with E-state index >= 15 is 0 Å². The highest BCUT2D eigenvalue weighted by Gasteiger charge is 2.36. The molecular formula is C19H27NO. The number of Topliss-reactive ketones (excluding diaryl/α,β-unsaturated/α-hetero) is 1. The van der Waals surface area contributed by atoms with Gasteiger partial charge in [0, 0.05) is 18.4 Å². The molecule has 0 amide bonds. The van der Waals surface area contributed by atoms with Gasteiger partial charge in [0.25, 0.3) is 0 Å². The maximum Gasteiger partial charge on any atom is 0.137 e. The number of rotatable bonds is 5. The van der Waals surface area contributed by atoms with E-state index in [4.69, 9.17) is 0 Å². The van der Waals surface area contributed by atoms with Gasteiger partial charge in [0.05, 0.1) is 0 Å². The first-order chi connectivity index (χ1) is 10.3. The number of hydrogen-bond donors (Lipinski definition) is 0. The molecule has 2 atom stereocenters. The summed E-state index contributed by atoms with van der Waals surface area (Å²) in [5.74, 6) is 0.886. The Balaban J connectivity index is 1.53. The van der Waals surface area contributed by atoms with E-state index in [1.54, 1.807) is 0 Å². The molecule has 1 saturated heterocycles. The quantitative estimate of drug-likeness (QED) is 0.819. The zero-order valence-electron chi connectivity index (χ0n) is 13.0. The van der Waals surface area contributed by atoms with Crippen LogP contribution in [0.25, 0.3) is 0 Å². The maximum absolute atomic E-state index is 12.1. The minimum absolute atomic E-state index is 0.349. The number of carbonyl (C=O) groups is 1. The molecule has 2 fully saturated rings. The third-order valence-corrected chi connectivity index (χ3v) is 5.23. The van der Waals surface area contributed by atoms with Crippen molar-refractivity contribution in [3.63, 3.8) is 0 Å². The van der Waals surface area contributed by atoms with E-state index in [1.807, 2.05) is 0 Å². The molecule has 1 saturated carbocycles. The Kier molecular flexibility index (Phi) is 5.08. The largest absolute Gasteiger partial charge is 0.300 e. The Morgan fingerprint density at radius 1 is 1.05 bits per heavy atom. The Hall–Kier alpha value is -1.15. The van der Waals surface area contributed by atoms with Crippen molar-refractivity contribution < 1.29 is 4.79 Å². The van der Waals surface area contributed by atoms with Crippen molar-refractivity contribution in [2.45, 2.75) is 57.4 Å². The molecule has 1 aromatic carbocycles. The van der Waals surface area contributed by atoms with Gasteiger partial charge in [0.1, 0.15) is 5.78 Å². The van der Waals surface area contributed by atoms with Crippen molar-refractivity contribution in [2.24, 2.45) is 5.92 Å². The predicted molar refractivity (Wildman–Crippen MR) is 86.3 cm³/mol. The molecule has 1 aromatic rings. The number of likely N-dealkylation sites (tertiary alicyclic amines) is 1. The van der Waals surface area contributed by atoms with E-state index in [9.17, 15) is 4.79 Å². The lowest BCUT2D eigenvalue weighted by Crippen LogP contribution is -2.45. The van der Waals surface area contributed by atoms with Gasteiger partial charge in [0.2, 0.25) is 0 Å². The van der Waals surface area contributed by atoms with Crippen molar-refractivity contribution in [2.75, 3.05) is 13.1 Å². The molecule has 0 N–H and O–H groups in total. The number of aryl methyl sites for hydroxylation is 1. The predicted octanol–water partition coefficient (Wildman–Crippen LogP) is 3.84. The highest BCUT2D eigenvalue weighted by Crippen LogP contribution is 2.32. The van der Waals surface area contributed by atoms with Gasteiger partial charge in [0.15, 0.2) is 0 Å². The Morgan fingerprint density at radius 3 is 2.67 bits per heavy atom. The van der Waals surface area contributed by atoms with Crippen LogP contribution in [0, 0.1) is 5.92 Å². The summed E-state index contributed by atoms with van der Waals surface area (Å²) in [6.45, 7) is 2.35. The summed E-state index contributed by atoms with van der Waals surface area (Å²) in [6, 6.07) is 11.3. The number of nitrogens with zero attached hydrogens (tertiary/aromatic N) is 1. The van der Waals surface area contributed by atoms with Crippen LogP contribution in [-0.4, -0.2) is 29.8 Å². The van der Waals surface area contributed by atoms with Crippen molar-refractivity contribution >= 4 is 5.78 Å². The molecule has 3 rings (SSSR count). The molecule has 2 unspecified atom stereocenters. The van der Waals surface area contributed by atoms with E-state index < -0.39 is 0 Å². The van der Waals surface area contributed by atoms with Gasteiger partial charge in [-0.25, -0.2) is 0 Å². The lowest BCUT2D eigenvalue weighted by Gasteiger charge is -2.38. The average molecular weight is 285 g/mol. The number of hydrogen-bond acceptors (Lipinski definition) is 2. The van der Waals surface area contributed by atoms with Gasteiger partial charge in [-0.05, 0) is 57.2 Å². The van der Waals surface area contributed by atoms with Gasteiger partial charge < -0.3 is 0 Å². The molecule has 0 aromatic heterocycles. The molecule has 1 aliphatic heterocycles. The standard InChI is InChI=1S/C19H27NO/c21-19-13-6-11-17(19)18-12-4-5-14-20(18)15-7-10-16-8-2-1-3-9-16/h1-3,8-9,17-18H,4-7,10-15H2. The minimum Gasteiger partial charge on any atom is -0.300 e. The van der Waals surface area contributed by atoms with Crippen LogP contribution in [0.15, 0.2) is 30.3 Å². The summed E-state index contributed by atoms with van der Waals surface area (Å²) in [6.07, 6.45) is 9.31. The number of carbonyl (C=O) groups excluding carboxylic acids is 1. The highest BCUT2D eigenvalue weighted by atomic mass is 16.1. The monoisotopic (exact) mass is 285 g/mol. The normalized spacial score (nSPS) is 27.1. The number of ketones is 1. The first-order valence-electron chi connectivity index (χ1n) is 8.65. The second-order valence-corrected chi connectivity index (χ2v) is 6.65. The fraction of sp³-hybridized carbons (Fsp3) is 0.632. The van der Waals surface area contributed by atoms with Crippen LogP contribution in [0.5, 0.6) is 0 Å². The lowest BCUT2D eigenvalue weighted by molar-refractivity contribution is -0.123. The van der Waals surface area contributed by atoms with Crippen molar-refractivity contribution in [3.05, 3.63) is 35.9 Å². The van der Waals surface area contributed by atoms with E-state index in [0.717, 1.165) is 32.2 Å². The summed E-state index contributed by atoms with van der Waals surface area (Å²) in [4.78, 5) is 14.7.